The molecular weight excluding hydrogens is 252 g/mol. The number of hydrogen-bond donors (Lipinski definition) is 1. The van der Waals surface area contributed by atoms with Crippen LogP contribution in [0.2, 0.25) is 0 Å². The highest BCUT2D eigenvalue weighted by Gasteiger charge is 2.04. The Balaban J connectivity index is 1.77. The molecule has 18 heavy (non-hydrogen) atoms. The number of rotatable bonds is 7. The molecule has 0 aliphatic carbocycles. The lowest BCUT2D eigenvalue weighted by Crippen LogP contribution is -1.99. The largest absolute Gasteiger partial charge is 0.481 e. The highest BCUT2D eigenvalue weighted by atomic mass is 32.1. The van der Waals surface area contributed by atoms with Crippen LogP contribution in [0.25, 0.3) is 0 Å². The zero-order valence-corrected chi connectivity index (χ0v) is 10.6. The van der Waals surface area contributed by atoms with Gasteiger partial charge in [0, 0.05) is 24.2 Å². The molecule has 0 aliphatic rings. The summed E-state index contributed by atoms with van der Waals surface area (Å²) in [5.41, 5.74) is 0.900. The molecule has 2 aromatic rings. The molecule has 0 fully saturated rings. The summed E-state index contributed by atoms with van der Waals surface area (Å²) in [7, 11) is 0. The molecule has 0 saturated carbocycles. The van der Waals surface area contributed by atoms with E-state index >= 15 is 0 Å². The molecule has 0 atom stereocenters. The number of aryl methyl sites for hydroxylation is 1. The average molecular weight is 266 g/mol. The molecule has 1 N–H and O–H groups in total. The first-order chi connectivity index (χ1) is 8.74. The Morgan fingerprint density at radius 1 is 1.44 bits per heavy atom. The molecule has 2 aromatic heterocycles. The van der Waals surface area contributed by atoms with Crippen molar-refractivity contribution in [1.82, 2.24) is 20.0 Å². The number of hydrogen-bond acceptors (Lipinski definition) is 5. The maximum atomic E-state index is 10.4. The van der Waals surface area contributed by atoms with Gasteiger partial charge in [0.2, 0.25) is 0 Å². The van der Waals surface area contributed by atoms with Crippen LogP contribution >= 0.6 is 11.3 Å². The van der Waals surface area contributed by atoms with Gasteiger partial charge in [-0.1, -0.05) is 5.21 Å². The van der Waals surface area contributed by atoms with Crippen LogP contribution in [-0.4, -0.2) is 31.1 Å². The third kappa shape index (κ3) is 3.92. The normalized spacial score (nSPS) is 10.7. The van der Waals surface area contributed by atoms with E-state index in [0.29, 0.717) is 13.0 Å². The Morgan fingerprint density at radius 2 is 2.33 bits per heavy atom. The van der Waals surface area contributed by atoms with Crippen molar-refractivity contribution < 1.29 is 9.90 Å². The summed E-state index contributed by atoms with van der Waals surface area (Å²) in [4.78, 5) is 14.5. The third-order valence-electron chi connectivity index (χ3n) is 2.44. The lowest BCUT2D eigenvalue weighted by atomic mass is 10.1. The van der Waals surface area contributed by atoms with Gasteiger partial charge >= 0.3 is 5.97 Å². The lowest BCUT2D eigenvalue weighted by Gasteiger charge is -1.95. The zero-order chi connectivity index (χ0) is 12.8. The fourth-order valence-corrected chi connectivity index (χ4v) is 2.19. The molecule has 96 valence electrons. The highest BCUT2D eigenvalue weighted by molar-refractivity contribution is 7.09. The number of thiazole rings is 1. The van der Waals surface area contributed by atoms with Crippen molar-refractivity contribution in [3.05, 3.63) is 28.5 Å². The molecule has 0 bridgehead atoms. The van der Waals surface area contributed by atoms with E-state index in [1.54, 1.807) is 22.2 Å². The molecule has 7 heteroatoms. The number of nitrogens with zero attached hydrogens (tertiary/aromatic N) is 4. The van der Waals surface area contributed by atoms with Crippen molar-refractivity contribution in [3.8, 4) is 0 Å². The Bertz CT molecular complexity index is 495. The predicted octanol–water partition coefficient (Wildman–Crippen LogP) is 1.58. The first-order valence-corrected chi connectivity index (χ1v) is 6.61. The van der Waals surface area contributed by atoms with E-state index in [1.165, 1.54) is 0 Å². The second kappa shape index (κ2) is 6.25. The summed E-state index contributed by atoms with van der Waals surface area (Å²) in [6, 6.07) is 0. The van der Waals surface area contributed by atoms with Gasteiger partial charge in [0.25, 0.3) is 0 Å². The van der Waals surface area contributed by atoms with Gasteiger partial charge < -0.3 is 5.11 Å². The van der Waals surface area contributed by atoms with E-state index < -0.39 is 5.97 Å². The minimum absolute atomic E-state index is 0.216. The van der Waals surface area contributed by atoms with Crippen molar-refractivity contribution in [2.75, 3.05) is 0 Å². The topological polar surface area (TPSA) is 80.9 Å². The molecule has 2 rings (SSSR count). The van der Waals surface area contributed by atoms with E-state index in [0.717, 1.165) is 23.5 Å². The fraction of sp³-hybridized carbons (Fsp3) is 0.455. The van der Waals surface area contributed by atoms with Crippen LogP contribution in [0.1, 0.15) is 30.0 Å². The summed E-state index contributed by atoms with van der Waals surface area (Å²) < 4.78 is 1.76. The van der Waals surface area contributed by atoms with Crippen LogP contribution in [0.15, 0.2) is 17.8 Å². The minimum atomic E-state index is -0.748. The van der Waals surface area contributed by atoms with Crippen LogP contribution in [0.5, 0.6) is 0 Å². The van der Waals surface area contributed by atoms with E-state index in [4.69, 9.17) is 5.11 Å². The molecule has 2 heterocycles. The molecule has 0 aromatic carbocycles. The first kappa shape index (κ1) is 12.7. The molecule has 0 spiro atoms. The summed E-state index contributed by atoms with van der Waals surface area (Å²) in [5, 5.41) is 19.5. The number of carboxylic acid groups (broad SMARTS) is 1. The molecule has 0 aliphatic heterocycles. The summed E-state index contributed by atoms with van der Waals surface area (Å²) in [5.74, 6) is -0.748. The average Bonchev–Trinajstić information content (AvgIpc) is 2.97. The zero-order valence-electron chi connectivity index (χ0n) is 9.82. The molecule has 6 nitrogen and oxygen atoms in total. The summed E-state index contributed by atoms with van der Waals surface area (Å²) in [6.45, 7) is 0.639. The van der Waals surface area contributed by atoms with Crippen LogP contribution < -0.4 is 0 Å². The quantitative estimate of drug-likeness (QED) is 0.769. The first-order valence-electron chi connectivity index (χ1n) is 5.73. The van der Waals surface area contributed by atoms with Gasteiger partial charge in [-0.2, -0.15) is 0 Å². The van der Waals surface area contributed by atoms with Crippen LogP contribution in [-0.2, 0) is 17.8 Å². The lowest BCUT2D eigenvalue weighted by molar-refractivity contribution is -0.137. The SMILES string of the molecule is O=C(O)CCCCc1cn(Cc2nccs2)nn1. The number of carboxylic acids is 1. The van der Waals surface area contributed by atoms with Crippen LogP contribution in [0.3, 0.4) is 0 Å². The van der Waals surface area contributed by atoms with Crippen molar-refractivity contribution in [2.24, 2.45) is 0 Å². The van der Waals surface area contributed by atoms with Crippen molar-refractivity contribution in [3.63, 3.8) is 0 Å². The van der Waals surface area contributed by atoms with Crippen molar-refractivity contribution in [2.45, 2.75) is 32.2 Å². The Labute approximate surface area is 108 Å². The van der Waals surface area contributed by atoms with E-state index in [-0.39, 0.29) is 6.42 Å². The van der Waals surface area contributed by atoms with E-state index in [9.17, 15) is 4.79 Å². The van der Waals surface area contributed by atoms with Crippen molar-refractivity contribution >= 4 is 17.3 Å². The number of aliphatic carboxylic acids is 1. The Hall–Kier alpha value is -1.76. The summed E-state index contributed by atoms with van der Waals surface area (Å²) in [6.07, 6.45) is 6.14. The highest BCUT2D eigenvalue weighted by Crippen LogP contribution is 2.07. The maximum absolute atomic E-state index is 10.4. The minimum Gasteiger partial charge on any atom is -0.481 e. The molecule has 0 amide bonds. The van der Waals surface area contributed by atoms with Crippen LogP contribution in [0, 0.1) is 0 Å². The monoisotopic (exact) mass is 266 g/mol. The van der Waals surface area contributed by atoms with Gasteiger partial charge in [-0.05, 0) is 19.3 Å². The standard InChI is InChI=1S/C11H14N4O2S/c16-11(17)4-2-1-3-9-7-15(14-13-9)8-10-12-5-6-18-10/h5-7H,1-4,8H2,(H,16,17). The van der Waals surface area contributed by atoms with Gasteiger partial charge in [-0.3, -0.25) is 4.79 Å². The van der Waals surface area contributed by atoms with Gasteiger partial charge in [0.15, 0.2) is 0 Å². The second-order valence-electron chi connectivity index (χ2n) is 3.93. The number of aromatic nitrogens is 4. The van der Waals surface area contributed by atoms with E-state index in [2.05, 4.69) is 15.3 Å². The number of carbonyl (C=O) groups is 1. The second-order valence-corrected chi connectivity index (χ2v) is 4.91. The molecular formula is C11H14N4O2S. The molecule has 0 radical (unpaired) electrons. The van der Waals surface area contributed by atoms with Gasteiger partial charge in [0.1, 0.15) is 5.01 Å². The van der Waals surface area contributed by atoms with Crippen LogP contribution in [0.4, 0.5) is 0 Å². The maximum Gasteiger partial charge on any atom is 0.303 e. The molecule has 0 unspecified atom stereocenters. The Morgan fingerprint density at radius 3 is 3.06 bits per heavy atom. The molecule has 0 saturated heterocycles. The Kier molecular flexibility index (Phi) is 4.40. The summed E-state index contributed by atoms with van der Waals surface area (Å²) >= 11 is 1.59. The van der Waals surface area contributed by atoms with Crippen molar-refractivity contribution in [1.29, 1.82) is 0 Å². The van der Waals surface area contributed by atoms with Gasteiger partial charge in [-0.25, -0.2) is 9.67 Å². The predicted molar refractivity (Wildman–Crippen MR) is 66.4 cm³/mol. The third-order valence-corrected chi connectivity index (χ3v) is 3.20. The fourth-order valence-electron chi connectivity index (χ4n) is 1.58. The van der Waals surface area contributed by atoms with Gasteiger partial charge in [0.05, 0.1) is 12.2 Å². The van der Waals surface area contributed by atoms with E-state index in [1.807, 2.05) is 11.6 Å². The smallest absolute Gasteiger partial charge is 0.303 e. The van der Waals surface area contributed by atoms with Gasteiger partial charge in [-0.15, -0.1) is 16.4 Å². The number of unbranched alkanes of at least 4 members (excludes halogenated alkanes) is 1.